The van der Waals surface area contributed by atoms with E-state index in [0.717, 1.165) is 53.4 Å². The van der Waals surface area contributed by atoms with Crippen molar-refractivity contribution in [3.8, 4) is 0 Å². The number of H-pyrrole nitrogens is 1. The van der Waals surface area contributed by atoms with Gasteiger partial charge in [-0.15, -0.1) is 0 Å². The molecule has 10 nitrogen and oxygen atoms in total. The van der Waals surface area contributed by atoms with E-state index in [9.17, 15) is 18.0 Å². The highest BCUT2D eigenvalue weighted by molar-refractivity contribution is 7.90. The number of fused-ring (bicyclic) bond motifs is 1. The van der Waals surface area contributed by atoms with Crippen molar-refractivity contribution < 1.29 is 17.9 Å². The van der Waals surface area contributed by atoms with Gasteiger partial charge in [0.2, 0.25) is 0 Å². The lowest BCUT2D eigenvalue weighted by molar-refractivity contribution is 0.0952. The molecule has 1 atom stereocenters. The maximum absolute atomic E-state index is 13.6. The molecule has 0 saturated heterocycles. The van der Waals surface area contributed by atoms with Crippen molar-refractivity contribution in [3.63, 3.8) is 0 Å². The topological polar surface area (TPSA) is 135 Å². The summed E-state index contributed by atoms with van der Waals surface area (Å²) in [5.74, 6) is 0.486. The van der Waals surface area contributed by atoms with Gasteiger partial charge in [0, 0.05) is 54.5 Å². The van der Waals surface area contributed by atoms with Gasteiger partial charge in [0.25, 0.3) is 11.5 Å². The molecule has 214 valence electrons. The first-order chi connectivity index (χ1) is 19.1. The Labute approximate surface area is 234 Å². The van der Waals surface area contributed by atoms with E-state index in [0.29, 0.717) is 42.4 Å². The summed E-state index contributed by atoms with van der Waals surface area (Å²) >= 11 is 0. The number of aromatic nitrogens is 3. The lowest BCUT2D eigenvalue weighted by atomic mass is 10.0. The summed E-state index contributed by atoms with van der Waals surface area (Å²) in [4.78, 5) is 28.9. The van der Waals surface area contributed by atoms with Crippen molar-refractivity contribution >= 4 is 32.4 Å². The molecule has 2 aromatic heterocycles. The largest absolute Gasteiger partial charge is 0.488 e. The third-order valence-electron chi connectivity index (χ3n) is 7.72. The van der Waals surface area contributed by atoms with Crippen LogP contribution in [-0.4, -0.2) is 60.3 Å². The van der Waals surface area contributed by atoms with Gasteiger partial charge >= 0.3 is 0 Å². The summed E-state index contributed by atoms with van der Waals surface area (Å²) in [6.45, 7) is 4.70. The number of benzene rings is 1. The van der Waals surface area contributed by atoms with Crippen LogP contribution in [0, 0.1) is 13.8 Å². The molecule has 1 amide bonds. The van der Waals surface area contributed by atoms with Crippen LogP contribution in [0.1, 0.15) is 70.9 Å². The second kappa shape index (κ2) is 11.6. The Morgan fingerprint density at radius 3 is 2.70 bits per heavy atom. The highest BCUT2D eigenvalue weighted by Gasteiger charge is 2.25. The lowest BCUT2D eigenvalue weighted by Crippen LogP contribution is -2.30. The van der Waals surface area contributed by atoms with Crippen LogP contribution in [0.15, 0.2) is 35.3 Å². The molecule has 0 radical (unpaired) electrons. The van der Waals surface area contributed by atoms with Gasteiger partial charge in [0.1, 0.15) is 21.7 Å². The van der Waals surface area contributed by atoms with Crippen LogP contribution in [0.3, 0.4) is 0 Å². The first-order valence-electron chi connectivity index (χ1n) is 13.8. The predicted molar refractivity (Wildman–Crippen MR) is 155 cm³/mol. The van der Waals surface area contributed by atoms with Gasteiger partial charge < -0.3 is 20.4 Å². The van der Waals surface area contributed by atoms with Crippen molar-refractivity contribution in [1.82, 2.24) is 25.4 Å². The van der Waals surface area contributed by atoms with Crippen molar-refractivity contribution in [1.29, 1.82) is 0 Å². The molecular weight excluding hydrogens is 530 g/mol. The molecule has 2 aliphatic rings. The third kappa shape index (κ3) is 6.31. The molecule has 1 aliphatic carbocycles. The minimum absolute atomic E-state index is 0.0777. The number of pyridine rings is 1. The smallest absolute Gasteiger partial charge is 0.253 e. The van der Waals surface area contributed by atoms with Crippen molar-refractivity contribution in [2.24, 2.45) is 0 Å². The Balaban J connectivity index is 1.39. The fourth-order valence-electron chi connectivity index (χ4n) is 5.63. The van der Waals surface area contributed by atoms with Gasteiger partial charge in [0.05, 0.1) is 29.1 Å². The molecule has 40 heavy (non-hydrogen) atoms. The summed E-state index contributed by atoms with van der Waals surface area (Å²) in [6, 6.07) is 6.06. The highest BCUT2D eigenvalue weighted by Crippen LogP contribution is 2.35. The fraction of sp³-hybridized carbons (Fsp3) is 0.483. The van der Waals surface area contributed by atoms with E-state index in [1.165, 1.54) is 6.26 Å². The number of hydrogen-bond acceptors (Lipinski definition) is 7. The minimum Gasteiger partial charge on any atom is -0.488 e. The first kappa shape index (κ1) is 28.1. The summed E-state index contributed by atoms with van der Waals surface area (Å²) in [5, 5.41) is 11.6. The van der Waals surface area contributed by atoms with E-state index in [2.05, 4.69) is 15.6 Å². The van der Waals surface area contributed by atoms with E-state index >= 15 is 0 Å². The van der Waals surface area contributed by atoms with E-state index < -0.39 is 9.84 Å². The maximum atomic E-state index is 13.6. The van der Waals surface area contributed by atoms with Gasteiger partial charge in [-0.2, -0.15) is 5.10 Å². The summed E-state index contributed by atoms with van der Waals surface area (Å²) in [6.07, 6.45) is 9.97. The minimum atomic E-state index is -3.02. The normalized spacial score (nSPS) is 17.8. The number of hydrogen-bond donors (Lipinski definition) is 3. The monoisotopic (exact) mass is 567 g/mol. The number of aryl methyl sites for hydroxylation is 2. The molecule has 5 rings (SSSR count). The average Bonchev–Trinajstić information content (AvgIpc) is 3.65. The Kier molecular flexibility index (Phi) is 8.14. The average molecular weight is 568 g/mol. The second-order valence-corrected chi connectivity index (χ2v) is 13.2. The number of nitrogens with one attached hydrogen (secondary N) is 3. The number of nitrogens with zero attached hydrogens (tertiary/aromatic N) is 2. The SMILES string of the molecule is Cc1cc(C)c(CNC(=O)c2cc(C3=CCC(CNCCS(C)(=O)=O)O3)cc3c2cnn3C2CCCC2)c(=O)[nH]1. The summed E-state index contributed by atoms with van der Waals surface area (Å²) in [7, 11) is -3.02. The summed E-state index contributed by atoms with van der Waals surface area (Å²) in [5.41, 5.74) is 4.10. The van der Waals surface area contributed by atoms with Gasteiger partial charge in [0.15, 0.2) is 0 Å². The Morgan fingerprint density at radius 2 is 1.98 bits per heavy atom. The van der Waals surface area contributed by atoms with Crippen LogP contribution in [0.5, 0.6) is 0 Å². The molecule has 1 aliphatic heterocycles. The summed E-state index contributed by atoms with van der Waals surface area (Å²) < 4.78 is 31.0. The zero-order chi connectivity index (χ0) is 28.4. The Bertz CT molecular complexity index is 1620. The van der Waals surface area contributed by atoms with Gasteiger partial charge in [-0.3, -0.25) is 14.3 Å². The molecule has 3 aromatic rings. The van der Waals surface area contributed by atoms with Crippen LogP contribution in [0.2, 0.25) is 0 Å². The van der Waals surface area contributed by atoms with Gasteiger partial charge in [-0.05, 0) is 56.5 Å². The Hall–Kier alpha value is -3.44. The number of carbonyl (C=O) groups is 1. The molecule has 0 spiro atoms. The van der Waals surface area contributed by atoms with Gasteiger partial charge in [-0.1, -0.05) is 12.8 Å². The second-order valence-electron chi connectivity index (χ2n) is 11.0. The molecule has 1 unspecified atom stereocenters. The van der Waals surface area contributed by atoms with Crippen LogP contribution in [0.4, 0.5) is 0 Å². The number of sulfone groups is 1. The van der Waals surface area contributed by atoms with Crippen molar-refractivity contribution in [2.45, 2.75) is 64.6 Å². The molecule has 1 aromatic carbocycles. The van der Waals surface area contributed by atoms with E-state index in [-0.39, 0.29) is 29.9 Å². The van der Waals surface area contributed by atoms with Crippen LogP contribution in [-0.2, 0) is 21.1 Å². The molecule has 3 N–H and O–H groups in total. The molecule has 3 heterocycles. The van der Waals surface area contributed by atoms with E-state index in [4.69, 9.17) is 9.84 Å². The number of carbonyl (C=O) groups excluding carboxylic acids is 1. The zero-order valence-electron chi connectivity index (χ0n) is 23.2. The molecule has 0 bridgehead atoms. The molecular formula is C29H37N5O5S. The van der Waals surface area contributed by atoms with E-state index in [1.807, 2.05) is 42.8 Å². The quantitative estimate of drug-likeness (QED) is 0.320. The fourth-order valence-corrected chi connectivity index (χ4v) is 6.14. The zero-order valence-corrected chi connectivity index (χ0v) is 24.1. The highest BCUT2D eigenvalue weighted by atomic mass is 32.2. The van der Waals surface area contributed by atoms with Crippen molar-refractivity contribution in [2.75, 3.05) is 25.1 Å². The number of amides is 1. The van der Waals surface area contributed by atoms with Crippen molar-refractivity contribution in [3.05, 3.63) is 68.8 Å². The third-order valence-corrected chi connectivity index (χ3v) is 8.66. The maximum Gasteiger partial charge on any atom is 0.253 e. The number of rotatable bonds is 10. The Morgan fingerprint density at radius 1 is 1.20 bits per heavy atom. The first-order valence-corrected chi connectivity index (χ1v) is 15.9. The van der Waals surface area contributed by atoms with E-state index in [1.54, 1.807) is 6.20 Å². The number of aromatic amines is 1. The van der Waals surface area contributed by atoms with Crippen LogP contribution in [0.25, 0.3) is 16.7 Å². The molecule has 1 fully saturated rings. The predicted octanol–water partition coefficient (Wildman–Crippen LogP) is 3.15. The van der Waals surface area contributed by atoms with Gasteiger partial charge in [-0.25, -0.2) is 8.42 Å². The van der Waals surface area contributed by atoms with Crippen LogP contribution < -0.4 is 16.2 Å². The van der Waals surface area contributed by atoms with Crippen LogP contribution >= 0.6 is 0 Å². The number of ether oxygens (including phenoxy) is 1. The molecule has 1 saturated carbocycles. The standard InChI is InChI=1S/C29H37N5O5S/c1-18-12-19(2)33-29(36)24(18)16-31-28(35)23-13-20(14-26-25(23)17-32-34(26)21-6-4-5-7-21)27-9-8-22(39-27)15-30-10-11-40(3,37)38/h9,12-14,17,21-22,30H,4-8,10-11,15-16H2,1-3H3,(H,31,35)(H,33,36). The molecule has 11 heteroatoms. The lowest BCUT2D eigenvalue weighted by Gasteiger charge is -2.16.